The van der Waals surface area contributed by atoms with E-state index in [0.29, 0.717) is 22.9 Å². The number of nitrogen functional groups attached to an aromatic ring is 1. The molecule has 0 aliphatic heterocycles. The summed E-state index contributed by atoms with van der Waals surface area (Å²) in [5, 5.41) is 0. The van der Waals surface area contributed by atoms with Gasteiger partial charge in [-0.2, -0.15) is 13.2 Å². The smallest absolute Gasteiger partial charge is 0.383 e. The highest BCUT2D eigenvalue weighted by molar-refractivity contribution is 5.71. The van der Waals surface area contributed by atoms with Crippen molar-refractivity contribution in [3.8, 4) is 23.6 Å². The number of hydrogen-bond acceptors (Lipinski definition) is 2. The molecule has 2 aromatic rings. The lowest BCUT2D eigenvalue weighted by atomic mass is 10.1. The van der Waals surface area contributed by atoms with E-state index in [0.717, 1.165) is 12.1 Å². The predicted molar refractivity (Wildman–Crippen MR) is 70.6 cm³/mol. The molecule has 1 heterocycles. The molecule has 6 heteroatoms. The number of hydrogen-bond donors (Lipinski definition) is 1. The van der Waals surface area contributed by atoms with Gasteiger partial charge in [0.25, 0.3) is 0 Å². The fraction of sp³-hybridized carbons (Fsp3) is 0.214. The van der Waals surface area contributed by atoms with E-state index >= 15 is 0 Å². The Morgan fingerprint density at radius 1 is 1.30 bits per heavy atom. The minimum absolute atomic E-state index is 0.269. The molecule has 2 rings (SSSR count). The molecule has 104 valence electrons. The van der Waals surface area contributed by atoms with E-state index in [1.807, 2.05) is 0 Å². The highest BCUT2D eigenvalue weighted by atomic mass is 19.4. The fourth-order valence-corrected chi connectivity index (χ4v) is 1.90. The fourth-order valence-electron chi connectivity index (χ4n) is 1.90. The molecule has 0 aliphatic carbocycles. The molecule has 1 aromatic carbocycles. The van der Waals surface area contributed by atoms with Crippen molar-refractivity contribution < 1.29 is 13.2 Å². The Labute approximate surface area is 114 Å². The summed E-state index contributed by atoms with van der Waals surface area (Å²) in [5.74, 6) is 3.42. The van der Waals surface area contributed by atoms with Crippen LogP contribution >= 0.6 is 0 Å². The maximum atomic E-state index is 12.5. The molecule has 2 N–H and O–H groups in total. The molecule has 0 saturated carbocycles. The largest absolute Gasteiger partial charge is 0.416 e. The van der Waals surface area contributed by atoms with Gasteiger partial charge in [-0.3, -0.25) is 0 Å². The van der Waals surface area contributed by atoms with Gasteiger partial charge in [-0.1, -0.05) is 18.1 Å². The molecular weight excluding hydrogens is 267 g/mol. The molecule has 0 atom stereocenters. The summed E-state index contributed by atoms with van der Waals surface area (Å²) >= 11 is 0. The van der Waals surface area contributed by atoms with Crippen LogP contribution in [0, 0.1) is 19.3 Å². The first-order valence-corrected chi connectivity index (χ1v) is 5.78. The van der Waals surface area contributed by atoms with Crippen molar-refractivity contribution in [2.45, 2.75) is 19.6 Å². The van der Waals surface area contributed by atoms with E-state index in [9.17, 15) is 13.2 Å². The Morgan fingerprint density at radius 3 is 2.40 bits per heavy atom. The van der Waals surface area contributed by atoms with Gasteiger partial charge in [-0.25, -0.2) is 4.98 Å². The lowest BCUT2D eigenvalue weighted by molar-refractivity contribution is -0.137. The molecule has 0 spiro atoms. The number of imidazole rings is 1. The number of aromatic nitrogens is 2. The van der Waals surface area contributed by atoms with Crippen LogP contribution in [0.3, 0.4) is 0 Å². The van der Waals surface area contributed by atoms with Crippen molar-refractivity contribution in [1.82, 2.24) is 9.55 Å². The van der Waals surface area contributed by atoms with Gasteiger partial charge in [0.2, 0.25) is 0 Å². The van der Waals surface area contributed by atoms with E-state index in [-0.39, 0.29) is 6.54 Å². The molecule has 0 fully saturated rings. The van der Waals surface area contributed by atoms with Crippen LogP contribution in [-0.2, 0) is 12.7 Å². The number of halogens is 3. The summed E-state index contributed by atoms with van der Waals surface area (Å²) in [4.78, 5) is 4.25. The normalized spacial score (nSPS) is 11.3. The van der Waals surface area contributed by atoms with E-state index in [2.05, 4.69) is 10.9 Å². The van der Waals surface area contributed by atoms with Gasteiger partial charge in [0.1, 0.15) is 17.3 Å². The van der Waals surface area contributed by atoms with Gasteiger partial charge in [0.15, 0.2) is 0 Å². The third-order valence-corrected chi connectivity index (χ3v) is 2.93. The number of nitrogens with two attached hydrogens (primary N) is 1. The third kappa shape index (κ3) is 2.48. The first kappa shape index (κ1) is 14.0. The Morgan fingerprint density at radius 2 is 1.90 bits per heavy atom. The van der Waals surface area contributed by atoms with Gasteiger partial charge in [-0.15, -0.1) is 6.42 Å². The van der Waals surface area contributed by atoms with Gasteiger partial charge in [-0.05, 0) is 19.1 Å². The van der Waals surface area contributed by atoms with E-state index in [1.165, 1.54) is 12.1 Å². The zero-order valence-corrected chi connectivity index (χ0v) is 10.7. The second-order valence-corrected chi connectivity index (χ2v) is 4.26. The minimum Gasteiger partial charge on any atom is -0.383 e. The Kier molecular flexibility index (Phi) is 3.45. The molecule has 3 nitrogen and oxygen atoms in total. The van der Waals surface area contributed by atoms with Crippen LogP contribution in [0.1, 0.15) is 11.4 Å². The average Bonchev–Trinajstić information content (AvgIpc) is 2.66. The molecule has 0 saturated heterocycles. The van der Waals surface area contributed by atoms with Gasteiger partial charge in [0, 0.05) is 5.56 Å². The molecule has 0 amide bonds. The summed E-state index contributed by atoms with van der Waals surface area (Å²) in [5.41, 5.74) is 6.18. The molecular formula is C14H12F3N3. The minimum atomic E-state index is -4.36. The van der Waals surface area contributed by atoms with Crippen LogP contribution in [0.15, 0.2) is 24.3 Å². The van der Waals surface area contributed by atoms with Crippen molar-refractivity contribution >= 4 is 5.82 Å². The third-order valence-electron chi connectivity index (χ3n) is 2.93. The first-order valence-electron chi connectivity index (χ1n) is 5.78. The van der Waals surface area contributed by atoms with Crippen LogP contribution in [0.5, 0.6) is 0 Å². The van der Waals surface area contributed by atoms with Crippen LogP contribution in [0.2, 0.25) is 0 Å². The second-order valence-electron chi connectivity index (χ2n) is 4.26. The number of nitrogens with zero attached hydrogens (tertiary/aromatic N) is 2. The van der Waals surface area contributed by atoms with Crippen LogP contribution in [0.4, 0.5) is 19.0 Å². The monoisotopic (exact) mass is 279 g/mol. The maximum absolute atomic E-state index is 12.5. The molecule has 0 radical (unpaired) electrons. The molecule has 0 aliphatic rings. The van der Waals surface area contributed by atoms with Crippen molar-refractivity contribution in [1.29, 1.82) is 0 Å². The molecule has 20 heavy (non-hydrogen) atoms. The van der Waals surface area contributed by atoms with Gasteiger partial charge >= 0.3 is 6.18 Å². The Balaban J connectivity index is 2.43. The Bertz CT molecular complexity index is 661. The number of alkyl halides is 3. The summed E-state index contributed by atoms with van der Waals surface area (Å²) in [7, 11) is 0. The van der Waals surface area contributed by atoms with E-state index in [4.69, 9.17) is 12.2 Å². The quantitative estimate of drug-likeness (QED) is 0.858. The highest BCUT2D eigenvalue weighted by Gasteiger charge is 2.30. The van der Waals surface area contributed by atoms with Crippen LogP contribution in [0.25, 0.3) is 11.3 Å². The topological polar surface area (TPSA) is 43.8 Å². The SMILES string of the molecule is C#CCn1c(C)nc(-c2ccc(C(F)(F)F)cc2)c1N. The number of anilines is 1. The zero-order chi connectivity index (χ0) is 14.9. The maximum Gasteiger partial charge on any atom is 0.416 e. The van der Waals surface area contributed by atoms with Gasteiger partial charge < -0.3 is 10.3 Å². The van der Waals surface area contributed by atoms with Crippen molar-refractivity contribution in [3.05, 3.63) is 35.7 Å². The lowest BCUT2D eigenvalue weighted by Gasteiger charge is -2.07. The van der Waals surface area contributed by atoms with Crippen molar-refractivity contribution in [2.75, 3.05) is 5.73 Å². The molecule has 1 aromatic heterocycles. The van der Waals surface area contributed by atoms with E-state index < -0.39 is 11.7 Å². The van der Waals surface area contributed by atoms with Crippen molar-refractivity contribution in [3.63, 3.8) is 0 Å². The van der Waals surface area contributed by atoms with E-state index in [1.54, 1.807) is 11.5 Å². The standard InChI is InChI=1S/C14H12F3N3/c1-3-8-20-9(2)19-12(13(20)18)10-4-6-11(7-5-10)14(15,16)17/h1,4-7H,8,18H2,2H3. The number of aryl methyl sites for hydroxylation is 1. The molecule has 0 unspecified atom stereocenters. The number of rotatable bonds is 2. The summed E-state index contributed by atoms with van der Waals surface area (Å²) in [6, 6.07) is 4.71. The first-order chi connectivity index (χ1) is 9.34. The van der Waals surface area contributed by atoms with Crippen LogP contribution < -0.4 is 5.73 Å². The number of benzene rings is 1. The van der Waals surface area contributed by atoms with Crippen LogP contribution in [-0.4, -0.2) is 9.55 Å². The molecule has 0 bridgehead atoms. The number of terminal acetylenes is 1. The second kappa shape index (κ2) is 4.93. The predicted octanol–water partition coefficient (Wildman–Crippen LogP) is 3.09. The average molecular weight is 279 g/mol. The lowest BCUT2D eigenvalue weighted by Crippen LogP contribution is -2.04. The Hall–Kier alpha value is -2.42. The van der Waals surface area contributed by atoms with Gasteiger partial charge in [0.05, 0.1) is 12.1 Å². The zero-order valence-electron chi connectivity index (χ0n) is 10.7. The summed E-state index contributed by atoms with van der Waals surface area (Å²) in [6.45, 7) is 2.01. The highest BCUT2D eigenvalue weighted by Crippen LogP contribution is 2.32. The van der Waals surface area contributed by atoms with Crippen molar-refractivity contribution in [2.24, 2.45) is 0 Å². The summed E-state index contributed by atoms with van der Waals surface area (Å²) in [6.07, 6.45) is 0.877. The summed E-state index contributed by atoms with van der Waals surface area (Å²) < 4.78 is 39.1.